The zero-order valence-electron chi connectivity index (χ0n) is 13.1. The predicted molar refractivity (Wildman–Crippen MR) is 84.1 cm³/mol. The third-order valence-electron chi connectivity index (χ3n) is 4.07. The Morgan fingerprint density at radius 2 is 2.05 bits per heavy atom. The predicted octanol–water partition coefficient (Wildman–Crippen LogP) is 2.91. The molecule has 0 amide bonds. The van der Waals surface area contributed by atoms with Gasteiger partial charge in [0, 0.05) is 19.1 Å². The summed E-state index contributed by atoms with van der Waals surface area (Å²) in [6.07, 6.45) is 2.30. The number of hydrogen-bond acceptors (Lipinski definition) is 3. The Hall–Kier alpha value is -1.06. The fourth-order valence-corrected chi connectivity index (χ4v) is 2.83. The van der Waals surface area contributed by atoms with Gasteiger partial charge in [0.1, 0.15) is 5.75 Å². The summed E-state index contributed by atoms with van der Waals surface area (Å²) in [5, 5.41) is 3.70. The lowest BCUT2D eigenvalue weighted by atomic mass is 9.94. The Morgan fingerprint density at radius 3 is 2.70 bits per heavy atom. The van der Waals surface area contributed by atoms with Gasteiger partial charge >= 0.3 is 0 Å². The summed E-state index contributed by atoms with van der Waals surface area (Å²) in [5.41, 5.74) is 1.33. The van der Waals surface area contributed by atoms with Crippen molar-refractivity contribution in [2.45, 2.75) is 39.3 Å². The van der Waals surface area contributed by atoms with Gasteiger partial charge in [-0.2, -0.15) is 0 Å². The maximum absolute atomic E-state index is 5.61. The fourth-order valence-electron chi connectivity index (χ4n) is 2.83. The molecule has 0 spiro atoms. The van der Waals surface area contributed by atoms with Crippen molar-refractivity contribution in [1.29, 1.82) is 0 Å². The molecule has 1 aromatic carbocycles. The monoisotopic (exact) mass is 276 g/mol. The van der Waals surface area contributed by atoms with Crippen molar-refractivity contribution in [3.05, 3.63) is 29.8 Å². The molecule has 1 saturated heterocycles. The lowest BCUT2D eigenvalue weighted by molar-refractivity contribution is 0.174. The number of benzene rings is 1. The number of likely N-dealkylation sites (tertiary alicyclic amines) is 1. The molecule has 1 N–H and O–H groups in total. The van der Waals surface area contributed by atoms with Crippen LogP contribution in [0.1, 0.15) is 32.3 Å². The van der Waals surface area contributed by atoms with Gasteiger partial charge in [-0.1, -0.05) is 26.0 Å². The van der Waals surface area contributed by atoms with Gasteiger partial charge in [0.25, 0.3) is 0 Å². The van der Waals surface area contributed by atoms with Gasteiger partial charge < -0.3 is 15.0 Å². The number of piperidine rings is 1. The highest BCUT2D eigenvalue weighted by atomic mass is 16.5. The Balaban J connectivity index is 1.78. The van der Waals surface area contributed by atoms with Crippen molar-refractivity contribution < 1.29 is 4.74 Å². The molecule has 2 atom stereocenters. The second-order valence-corrected chi connectivity index (χ2v) is 6.01. The largest absolute Gasteiger partial charge is 0.494 e. The average molecular weight is 276 g/mol. The van der Waals surface area contributed by atoms with E-state index in [-0.39, 0.29) is 0 Å². The number of rotatable bonds is 6. The topological polar surface area (TPSA) is 24.5 Å². The lowest BCUT2D eigenvalue weighted by Gasteiger charge is -2.35. The first-order valence-corrected chi connectivity index (χ1v) is 7.82. The molecule has 112 valence electrons. The maximum atomic E-state index is 5.61. The Kier molecular flexibility index (Phi) is 5.86. The van der Waals surface area contributed by atoms with Crippen LogP contribution in [0, 0.1) is 5.92 Å². The molecule has 1 aromatic rings. The van der Waals surface area contributed by atoms with E-state index >= 15 is 0 Å². The highest BCUT2D eigenvalue weighted by Crippen LogP contribution is 2.17. The van der Waals surface area contributed by atoms with Gasteiger partial charge in [0.15, 0.2) is 0 Å². The third kappa shape index (κ3) is 4.50. The zero-order valence-corrected chi connectivity index (χ0v) is 13.1. The molecular formula is C17H28N2O. The third-order valence-corrected chi connectivity index (χ3v) is 4.07. The summed E-state index contributed by atoms with van der Waals surface area (Å²) in [5.74, 6) is 1.70. The summed E-state index contributed by atoms with van der Waals surface area (Å²) in [6, 6.07) is 9.12. The van der Waals surface area contributed by atoms with Gasteiger partial charge in [-0.25, -0.2) is 0 Å². The average Bonchev–Trinajstić information content (AvgIpc) is 2.45. The van der Waals surface area contributed by atoms with E-state index in [1.54, 1.807) is 0 Å². The van der Waals surface area contributed by atoms with Crippen LogP contribution in [0.3, 0.4) is 0 Å². The molecule has 1 aliphatic rings. The van der Waals surface area contributed by atoms with Crippen LogP contribution in [0.25, 0.3) is 0 Å². The minimum absolute atomic E-state index is 0.641. The van der Waals surface area contributed by atoms with Crippen molar-refractivity contribution in [3.8, 4) is 5.75 Å². The Labute approximate surface area is 123 Å². The summed E-state index contributed by atoms with van der Waals surface area (Å²) < 4.78 is 5.61. The zero-order chi connectivity index (χ0) is 14.4. The Morgan fingerprint density at radius 1 is 1.30 bits per heavy atom. The van der Waals surface area contributed by atoms with Crippen molar-refractivity contribution in [1.82, 2.24) is 10.2 Å². The second kappa shape index (κ2) is 7.65. The first-order valence-electron chi connectivity index (χ1n) is 7.82. The van der Waals surface area contributed by atoms with Crippen LogP contribution in [0.5, 0.6) is 5.75 Å². The minimum atomic E-state index is 0.641. The molecule has 3 heteroatoms. The molecule has 2 rings (SSSR count). The van der Waals surface area contributed by atoms with Crippen LogP contribution in [-0.4, -0.2) is 37.7 Å². The van der Waals surface area contributed by atoms with E-state index in [1.807, 2.05) is 0 Å². The van der Waals surface area contributed by atoms with E-state index in [0.717, 1.165) is 31.2 Å². The Bertz CT molecular complexity index is 390. The van der Waals surface area contributed by atoms with Crippen LogP contribution in [-0.2, 0) is 6.54 Å². The van der Waals surface area contributed by atoms with Crippen LogP contribution in [0.4, 0.5) is 0 Å². The molecule has 0 bridgehead atoms. The van der Waals surface area contributed by atoms with Crippen LogP contribution >= 0.6 is 0 Å². The normalized spacial score (nSPS) is 23.8. The van der Waals surface area contributed by atoms with Gasteiger partial charge in [0.05, 0.1) is 6.61 Å². The molecule has 0 aliphatic carbocycles. The molecule has 1 aliphatic heterocycles. The summed E-state index contributed by atoms with van der Waals surface area (Å²) in [6.45, 7) is 8.61. The summed E-state index contributed by atoms with van der Waals surface area (Å²) in [7, 11) is 2.21. The van der Waals surface area contributed by atoms with Crippen LogP contribution in [0.15, 0.2) is 24.3 Å². The van der Waals surface area contributed by atoms with E-state index in [2.05, 4.69) is 55.4 Å². The molecule has 0 aromatic heterocycles. The molecule has 0 saturated carbocycles. The summed E-state index contributed by atoms with van der Waals surface area (Å²) >= 11 is 0. The van der Waals surface area contributed by atoms with E-state index in [4.69, 9.17) is 4.74 Å². The van der Waals surface area contributed by atoms with Gasteiger partial charge in [-0.05, 0) is 50.0 Å². The van der Waals surface area contributed by atoms with E-state index in [9.17, 15) is 0 Å². The van der Waals surface area contributed by atoms with E-state index < -0.39 is 0 Å². The SMILES string of the molecule is CCCOc1ccc(CNC2CCN(C)CC2C)cc1. The van der Waals surface area contributed by atoms with Gasteiger partial charge in [-0.15, -0.1) is 0 Å². The van der Waals surface area contributed by atoms with Crippen LogP contribution < -0.4 is 10.1 Å². The lowest BCUT2D eigenvalue weighted by Crippen LogP contribution is -2.46. The first-order chi connectivity index (χ1) is 9.69. The van der Waals surface area contributed by atoms with Crippen molar-refractivity contribution in [2.24, 2.45) is 5.92 Å². The quantitative estimate of drug-likeness (QED) is 0.864. The van der Waals surface area contributed by atoms with Crippen LogP contribution in [0.2, 0.25) is 0 Å². The molecular weight excluding hydrogens is 248 g/mol. The highest BCUT2D eigenvalue weighted by Gasteiger charge is 2.23. The first kappa shape index (κ1) is 15.3. The van der Waals surface area contributed by atoms with Crippen molar-refractivity contribution in [2.75, 3.05) is 26.7 Å². The molecule has 1 heterocycles. The summed E-state index contributed by atoms with van der Waals surface area (Å²) in [4.78, 5) is 2.42. The van der Waals surface area contributed by atoms with E-state index in [0.29, 0.717) is 6.04 Å². The molecule has 1 fully saturated rings. The molecule has 3 nitrogen and oxygen atoms in total. The maximum Gasteiger partial charge on any atom is 0.119 e. The van der Waals surface area contributed by atoms with Crippen molar-refractivity contribution >= 4 is 0 Å². The number of hydrogen-bond donors (Lipinski definition) is 1. The highest BCUT2D eigenvalue weighted by molar-refractivity contribution is 5.27. The molecule has 0 radical (unpaired) electrons. The van der Waals surface area contributed by atoms with Gasteiger partial charge in [-0.3, -0.25) is 0 Å². The number of nitrogens with one attached hydrogen (secondary N) is 1. The fraction of sp³-hybridized carbons (Fsp3) is 0.647. The second-order valence-electron chi connectivity index (χ2n) is 6.01. The van der Waals surface area contributed by atoms with Gasteiger partial charge in [0.2, 0.25) is 0 Å². The molecule has 20 heavy (non-hydrogen) atoms. The van der Waals surface area contributed by atoms with Crippen molar-refractivity contribution in [3.63, 3.8) is 0 Å². The number of nitrogens with zero attached hydrogens (tertiary/aromatic N) is 1. The molecule has 2 unspecified atom stereocenters. The number of ether oxygens (including phenoxy) is 1. The van der Waals surface area contributed by atoms with E-state index in [1.165, 1.54) is 25.1 Å². The minimum Gasteiger partial charge on any atom is -0.494 e. The smallest absolute Gasteiger partial charge is 0.119 e. The standard InChI is InChI=1S/C17H28N2O/c1-4-11-20-16-7-5-15(6-8-16)12-18-17-9-10-19(3)13-14(17)2/h5-8,14,17-18H,4,9-13H2,1-3H3.